The van der Waals surface area contributed by atoms with E-state index in [1.54, 1.807) is 0 Å². The Morgan fingerprint density at radius 1 is 1.17 bits per heavy atom. The van der Waals surface area contributed by atoms with Gasteiger partial charge in [-0.15, -0.1) is 0 Å². The summed E-state index contributed by atoms with van der Waals surface area (Å²) in [6.07, 6.45) is 5.61. The molecule has 140 valence electrons. The summed E-state index contributed by atoms with van der Waals surface area (Å²) >= 11 is 0. The van der Waals surface area contributed by atoms with Gasteiger partial charge in [0.15, 0.2) is 0 Å². The van der Waals surface area contributed by atoms with E-state index in [1.165, 1.54) is 0 Å². The Hall–Kier alpha value is -0.770. The summed E-state index contributed by atoms with van der Waals surface area (Å²) in [5.74, 6) is 1.47. The third-order valence-corrected chi connectivity index (χ3v) is 5.90. The number of hydrogen-bond acceptors (Lipinski definition) is 3. The van der Waals surface area contributed by atoms with Crippen molar-refractivity contribution in [2.75, 3.05) is 0 Å². The second-order valence-corrected chi connectivity index (χ2v) is 9.28. The number of ether oxygens (including phenoxy) is 1. The molecule has 1 N–H and O–H groups in total. The maximum Gasteiger partial charge on any atom is 0.410 e. The van der Waals surface area contributed by atoms with Crippen LogP contribution >= 0.6 is 0 Å². The number of piperidine rings is 1. The molecule has 0 aromatic carbocycles. The molecule has 5 atom stereocenters. The molecule has 1 heterocycles. The van der Waals surface area contributed by atoms with E-state index in [0.29, 0.717) is 11.8 Å². The average Bonchev–Trinajstić information content (AvgIpc) is 2.45. The predicted molar refractivity (Wildman–Crippen MR) is 96.8 cm³/mol. The number of amides is 1. The van der Waals surface area contributed by atoms with Crippen molar-refractivity contribution in [1.29, 1.82) is 0 Å². The molecule has 0 aromatic rings. The van der Waals surface area contributed by atoms with Gasteiger partial charge in [-0.1, -0.05) is 13.8 Å². The van der Waals surface area contributed by atoms with Crippen LogP contribution in [0.5, 0.6) is 0 Å². The number of rotatable bonds is 2. The molecule has 0 bridgehead atoms. The molecule has 1 saturated carbocycles. The summed E-state index contributed by atoms with van der Waals surface area (Å²) < 4.78 is 5.68. The lowest BCUT2D eigenvalue weighted by Gasteiger charge is -2.48. The Bertz CT molecular complexity index is 429. The van der Waals surface area contributed by atoms with Crippen molar-refractivity contribution in [3.8, 4) is 0 Å². The Labute approximate surface area is 147 Å². The molecule has 0 aromatic heterocycles. The third-order valence-electron chi connectivity index (χ3n) is 5.90. The molecule has 0 spiro atoms. The van der Waals surface area contributed by atoms with Crippen molar-refractivity contribution in [2.24, 2.45) is 17.8 Å². The van der Waals surface area contributed by atoms with Crippen LogP contribution in [0.3, 0.4) is 0 Å². The van der Waals surface area contributed by atoms with Crippen LogP contribution in [0.25, 0.3) is 0 Å². The van der Waals surface area contributed by atoms with Crippen LogP contribution in [-0.4, -0.2) is 39.9 Å². The van der Waals surface area contributed by atoms with Gasteiger partial charge in [0.2, 0.25) is 0 Å². The van der Waals surface area contributed by atoms with E-state index in [4.69, 9.17) is 4.74 Å². The maximum absolute atomic E-state index is 12.8. The minimum Gasteiger partial charge on any atom is -0.444 e. The number of carbonyl (C=O) groups excluding carboxylic acids is 1. The number of aliphatic hydroxyl groups is 1. The quantitative estimate of drug-likeness (QED) is 0.800. The zero-order chi connectivity index (χ0) is 18.1. The van der Waals surface area contributed by atoms with Gasteiger partial charge in [-0.05, 0) is 78.1 Å². The van der Waals surface area contributed by atoms with Gasteiger partial charge in [0, 0.05) is 18.0 Å². The first-order valence-corrected chi connectivity index (χ1v) is 9.79. The summed E-state index contributed by atoms with van der Waals surface area (Å²) in [4.78, 5) is 14.8. The molecule has 2 fully saturated rings. The van der Waals surface area contributed by atoms with Crippen LogP contribution in [-0.2, 0) is 4.74 Å². The molecule has 1 amide bonds. The second kappa shape index (κ2) is 7.63. The van der Waals surface area contributed by atoms with Crippen LogP contribution in [0.2, 0.25) is 0 Å². The molecular weight excluding hydrogens is 302 g/mol. The number of aliphatic hydroxyl groups excluding tert-OH is 1. The van der Waals surface area contributed by atoms with Crippen molar-refractivity contribution in [3.63, 3.8) is 0 Å². The first-order valence-electron chi connectivity index (χ1n) is 9.79. The Morgan fingerprint density at radius 2 is 1.83 bits per heavy atom. The van der Waals surface area contributed by atoms with Gasteiger partial charge < -0.3 is 14.7 Å². The zero-order valence-corrected chi connectivity index (χ0v) is 16.4. The minimum atomic E-state index is -0.482. The van der Waals surface area contributed by atoms with Gasteiger partial charge in [0.05, 0.1) is 6.10 Å². The van der Waals surface area contributed by atoms with E-state index >= 15 is 0 Å². The largest absolute Gasteiger partial charge is 0.444 e. The number of hydrogen-bond donors (Lipinski definition) is 1. The van der Waals surface area contributed by atoms with Gasteiger partial charge in [-0.2, -0.15) is 0 Å². The van der Waals surface area contributed by atoms with E-state index in [2.05, 4.69) is 20.8 Å². The van der Waals surface area contributed by atoms with E-state index in [9.17, 15) is 9.90 Å². The monoisotopic (exact) mass is 339 g/mol. The topological polar surface area (TPSA) is 49.8 Å². The molecule has 4 heteroatoms. The van der Waals surface area contributed by atoms with Crippen molar-refractivity contribution in [1.82, 2.24) is 4.90 Å². The van der Waals surface area contributed by atoms with E-state index in [1.807, 2.05) is 25.7 Å². The summed E-state index contributed by atoms with van der Waals surface area (Å²) in [6, 6.07) is 0.297. The van der Waals surface area contributed by atoms with Crippen LogP contribution < -0.4 is 0 Å². The summed E-state index contributed by atoms with van der Waals surface area (Å²) in [6.45, 7) is 12.4. The molecule has 2 rings (SSSR count). The SMILES string of the molecule is CC(C)C1CCC(O)C(C2CCCC(C)N2C(=O)OC(C)(C)C)C1. The summed E-state index contributed by atoms with van der Waals surface area (Å²) in [5.41, 5.74) is -0.482. The van der Waals surface area contributed by atoms with Crippen LogP contribution in [0.1, 0.15) is 80.1 Å². The average molecular weight is 340 g/mol. The fraction of sp³-hybridized carbons (Fsp3) is 0.950. The molecule has 0 radical (unpaired) electrons. The van der Waals surface area contributed by atoms with E-state index in [-0.39, 0.29) is 30.2 Å². The highest BCUT2D eigenvalue weighted by Crippen LogP contribution is 2.40. The first-order chi connectivity index (χ1) is 11.1. The normalized spacial score (nSPS) is 35.2. The lowest BCUT2D eigenvalue weighted by molar-refractivity contribution is -0.0510. The summed E-state index contributed by atoms with van der Waals surface area (Å²) in [7, 11) is 0. The molecular formula is C20H37NO3. The van der Waals surface area contributed by atoms with Crippen LogP contribution in [0.15, 0.2) is 0 Å². The predicted octanol–water partition coefficient (Wildman–Crippen LogP) is 4.60. The molecule has 5 unspecified atom stereocenters. The standard InChI is InChI=1S/C20H37NO3/c1-13(2)15-10-11-18(22)16(12-15)17-9-7-8-14(3)21(17)19(23)24-20(4,5)6/h13-18,22H,7-12H2,1-6H3. The lowest BCUT2D eigenvalue weighted by atomic mass is 9.70. The first kappa shape index (κ1) is 19.6. The minimum absolute atomic E-state index is 0.111. The van der Waals surface area contributed by atoms with Crippen molar-refractivity contribution >= 4 is 6.09 Å². The number of likely N-dealkylation sites (tertiary alicyclic amines) is 1. The molecule has 1 aliphatic carbocycles. The maximum atomic E-state index is 12.8. The molecule has 4 nitrogen and oxygen atoms in total. The van der Waals surface area contributed by atoms with Gasteiger partial charge in [-0.3, -0.25) is 0 Å². The fourth-order valence-corrected chi connectivity index (χ4v) is 4.52. The van der Waals surface area contributed by atoms with Crippen molar-refractivity contribution < 1.29 is 14.6 Å². The highest BCUT2D eigenvalue weighted by molar-refractivity contribution is 5.69. The van der Waals surface area contributed by atoms with Crippen LogP contribution in [0.4, 0.5) is 4.79 Å². The summed E-state index contributed by atoms with van der Waals surface area (Å²) in [5, 5.41) is 10.7. The van der Waals surface area contributed by atoms with E-state index < -0.39 is 5.60 Å². The molecule has 1 saturated heterocycles. The van der Waals surface area contributed by atoms with Gasteiger partial charge in [-0.25, -0.2) is 4.79 Å². The van der Waals surface area contributed by atoms with Gasteiger partial charge in [0.25, 0.3) is 0 Å². The van der Waals surface area contributed by atoms with Crippen molar-refractivity contribution in [3.05, 3.63) is 0 Å². The molecule has 2 aliphatic rings. The van der Waals surface area contributed by atoms with E-state index in [0.717, 1.165) is 38.5 Å². The smallest absolute Gasteiger partial charge is 0.410 e. The Morgan fingerprint density at radius 3 is 2.42 bits per heavy atom. The Kier molecular flexibility index (Phi) is 6.22. The number of carbonyl (C=O) groups is 1. The van der Waals surface area contributed by atoms with Gasteiger partial charge >= 0.3 is 6.09 Å². The third kappa shape index (κ3) is 4.65. The lowest BCUT2D eigenvalue weighted by Crippen LogP contribution is -2.56. The van der Waals surface area contributed by atoms with Crippen LogP contribution in [0, 0.1) is 17.8 Å². The molecule has 1 aliphatic heterocycles. The Balaban J connectivity index is 2.19. The highest BCUT2D eigenvalue weighted by atomic mass is 16.6. The zero-order valence-electron chi connectivity index (χ0n) is 16.4. The fourth-order valence-electron chi connectivity index (χ4n) is 4.52. The molecule has 24 heavy (non-hydrogen) atoms. The second-order valence-electron chi connectivity index (χ2n) is 9.28. The van der Waals surface area contributed by atoms with Gasteiger partial charge in [0.1, 0.15) is 5.60 Å². The number of nitrogens with zero attached hydrogens (tertiary/aromatic N) is 1. The highest BCUT2D eigenvalue weighted by Gasteiger charge is 2.43. The van der Waals surface area contributed by atoms with Crippen molar-refractivity contribution in [2.45, 2.75) is 104 Å².